The van der Waals surface area contributed by atoms with E-state index in [0.29, 0.717) is 11.6 Å². The lowest BCUT2D eigenvalue weighted by Gasteiger charge is -2.34. The van der Waals surface area contributed by atoms with Crippen LogP contribution in [0.15, 0.2) is 48.8 Å². The second-order valence-electron chi connectivity index (χ2n) is 5.30. The summed E-state index contributed by atoms with van der Waals surface area (Å²) in [5.41, 5.74) is 2.99. The summed E-state index contributed by atoms with van der Waals surface area (Å²) in [5, 5.41) is 12.5. The van der Waals surface area contributed by atoms with Crippen molar-refractivity contribution in [3.8, 4) is 6.07 Å². The number of nitrogens with one attached hydrogen (secondary N) is 1. The van der Waals surface area contributed by atoms with E-state index in [4.69, 9.17) is 5.26 Å². The molecule has 1 fully saturated rings. The van der Waals surface area contributed by atoms with Crippen molar-refractivity contribution in [3.05, 3.63) is 54.4 Å². The topological polar surface area (TPSA) is 52.0 Å². The maximum absolute atomic E-state index is 8.94. The first-order valence-corrected chi connectivity index (χ1v) is 7.27. The van der Waals surface area contributed by atoms with Crippen LogP contribution < -0.4 is 10.2 Å². The zero-order valence-electron chi connectivity index (χ0n) is 11.9. The molecular formula is C17H18N4. The molecule has 0 unspecified atom stereocenters. The van der Waals surface area contributed by atoms with E-state index in [1.807, 2.05) is 36.7 Å². The molecule has 0 spiro atoms. The van der Waals surface area contributed by atoms with E-state index in [9.17, 15) is 0 Å². The van der Waals surface area contributed by atoms with Gasteiger partial charge < -0.3 is 10.2 Å². The van der Waals surface area contributed by atoms with Crippen LogP contribution in [0.2, 0.25) is 0 Å². The minimum Gasteiger partial charge on any atom is -0.382 e. The summed E-state index contributed by atoms with van der Waals surface area (Å²) in [6.07, 6.45) is 5.87. The summed E-state index contributed by atoms with van der Waals surface area (Å²) >= 11 is 0. The Labute approximate surface area is 125 Å². The van der Waals surface area contributed by atoms with Crippen LogP contribution in [0.4, 0.5) is 11.4 Å². The third kappa shape index (κ3) is 3.32. The Hall–Kier alpha value is -2.54. The molecule has 0 amide bonds. The van der Waals surface area contributed by atoms with Gasteiger partial charge in [0.15, 0.2) is 0 Å². The summed E-state index contributed by atoms with van der Waals surface area (Å²) in [4.78, 5) is 6.46. The Morgan fingerprint density at radius 2 is 1.90 bits per heavy atom. The molecule has 1 aliphatic heterocycles. The second-order valence-corrected chi connectivity index (χ2v) is 5.30. The zero-order valence-corrected chi connectivity index (χ0v) is 11.9. The van der Waals surface area contributed by atoms with Crippen molar-refractivity contribution in [2.45, 2.75) is 18.9 Å². The molecule has 0 atom stereocenters. The lowest BCUT2D eigenvalue weighted by Crippen LogP contribution is -2.39. The van der Waals surface area contributed by atoms with Gasteiger partial charge in [0.2, 0.25) is 0 Å². The Morgan fingerprint density at radius 1 is 1.14 bits per heavy atom. The number of hydrogen-bond donors (Lipinski definition) is 1. The molecule has 1 aromatic heterocycles. The van der Waals surface area contributed by atoms with E-state index in [1.165, 1.54) is 5.69 Å². The van der Waals surface area contributed by atoms with Crippen molar-refractivity contribution < 1.29 is 0 Å². The quantitative estimate of drug-likeness (QED) is 0.937. The average Bonchev–Trinajstić information content (AvgIpc) is 2.56. The van der Waals surface area contributed by atoms with E-state index >= 15 is 0 Å². The number of benzene rings is 1. The molecule has 0 bridgehead atoms. The Kier molecular flexibility index (Phi) is 4.02. The van der Waals surface area contributed by atoms with Gasteiger partial charge in [0.1, 0.15) is 0 Å². The summed E-state index contributed by atoms with van der Waals surface area (Å²) in [6.45, 7) is 2.08. The number of nitriles is 1. The van der Waals surface area contributed by atoms with Gasteiger partial charge in [-0.15, -0.1) is 0 Å². The minimum absolute atomic E-state index is 0.469. The molecule has 0 radical (unpaired) electrons. The second kappa shape index (κ2) is 6.27. The largest absolute Gasteiger partial charge is 0.382 e. The van der Waals surface area contributed by atoms with E-state index in [2.05, 4.69) is 33.4 Å². The molecular weight excluding hydrogens is 260 g/mol. The third-order valence-corrected chi connectivity index (χ3v) is 3.89. The fraction of sp³-hybridized carbons (Fsp3) is 0.294. The fourth-order valence-corrected chi connectivity index (χ4v) is 2.75. The van der Waals surface area contributed by atoms with Crippen molar-refractivity contribution in [3.63, 3.8) is 0 Å². The normalized spacial score (nSPS) is 15.5. The fourth-order valence-electron chi connectivity index (χ4n) is 2.75. The van der Waals surface area contributed by atoms with Crippen LogP contribution in [-0.4, -0.2) is 24.1 Å². The van der Waals surface area contributed by atoms with Crippen molar-refractivity contribution in [1.29, 1.82) is 5.26 Å². The number of anilines is 2. The van der Waals surface area contributed by atoms with Crippen LogP contribution in [0.25, 0.3) is 0 Å². The van der Waals surface area contributed by atoms with Gasteiger partial charge >= 0.3 is 0 Å². The maximum atomic E-state index is 8.94. The average molecular weight is 278 g/mol. The summed E-state index contributed by atoms with van der Waals surface area (Å²) in [5.74, 6) is 0. The minimum atomic E-state index is 0.469. The molecule has 1 saturated heterocycles. The van der Waals surface area contributed by atoms with Crippen molar-refractivity contribution >= 4 is 11.4 Å². The summed E-state index contributed by atoms with van der Waals surface area (Å²) in [7, 11) is 0. The molecule has 1 aromatic carbocycles. The molecule has 21 heavy (non-hydrogen) atoms. The lowest BCUT2D eigenvalue weighted by molar-refractivity contribution is 0.526. The van der Waals surface area contributed by atoms with Crippen LogP contribution in [0, 0.1) is 11.3 Å². The molecule has 4 heteroatoms. The Bertz CT molecular complexity index is 625. The highest BCUT2D eigenvalue weighted by atomic mass is 15.1. The molecule has 4 nitrogen and oxygen atoms in total. The highest BCUT2D eigenvalue weighted by molar-refractivity contribution is 5.50. The van der Waals surface area contributed by atoms with Gasteiger partial charge in [0, 0.05) is 42.9 Å². The molecule has 2 heterocycles. The maximum Gasteiger partial charge on any atom is 0.0992 e. The van der Waals surface area contributed by atoms with E-state index in [0.717, 1.165) is 31.6 Å². The van der Waals surface area contributed by atoms with Crippen molar-refractivity contribution in [1.82, 2.24) is 4.98 Å². The van der Waals surface area contributed by atoms with E-state index < -0.39 is 0 Å². The predicted molar refractivity (Wildman–Crippen MR) is 84.3 cm³/mol. The number of pyridine rings is 1. The molecule has 2 aromatic rings. The Balaban J connectivity index is 1.57. The highest BCUT2D eigenvalue weighted by Crippen LogP contribution is 2.21. The molecule has 106 valence electrons. The van der Waals surface area contributed by atoms with Crippen LogP contribution >= 0.6 is 0 Å². The third-order valence-electron chi connectivity index (χ3n) is 3.89. The molecule has 3 rings (SSSR count). The van der Waals surface area contributed by atoms with E-state index in [1.54, 1.807) is 0 Å². The highest BCUT2D eigenvalue weighted by Gasteiger charge is 2.19. The lowest BCUT2D eigenvalue weighted by atomic mass is 10.0. The monoisotopic (exact) mass is 278 g/mol. The number of rotatable bonds is 3. The standard InChI is InChI=1S/C17H18N4/c18-13-14-2-1-3-16(12-14)20-15-6-10-21(11-7-15)17-4-8-19-9-5-17/h1-5,8-9,12,15,20H,6-7,10-11H2. The SMILES string of the molecule is N#Cc1cccc(NC2CCN(c3ccncc3)CC2)c1. The molecule has 1 N–H and O–H groups in total. The zero-order chi connectivity index (χ0) is 14.5. The Morgan fingerprint density at radius 3 is 2.62 bits per heavy atom. The smallest absolute Gasteiger partial charge is 0.0992 e. The summed E-state index contributed by atoms with van der Waals surface area (Å²) < 4.78 is 0. The van der Waals surface area contributed by atoms with Gasteiger partial charge in [0.05, 0.1) is 11.6 Å². The van der Waals surface area contributed by atoms with Crippen LogP contribution in [-0.2, 0) is 0 Å². The van der Waals surface area contributed by atoms with Gasteiger partial charge in [-0.2, -0.15) is 5.26 Å². The number of nitrogens with zero attached hydrogens (tertiary/aromatic N) is 3. The first-order valence-electron chi connectivity index (χ1n) is 7.27. The van der Waals surface area contributed by atoms with Gasteiger partial charge in [0.25, 0.3) is 0 Å². The van der Waals surface area contributed by atoms with Crippen LogP contribution in [0.5, 0.6) is 0 Å². The van der Waals surface area contributed by atoms with Crippen molar-refractivity contribution in [2.75, 3.05) is 23.3 Å². The number of hydrogen-bond acceptors (Lipinski definition) is 4. The molecule has 1 aliphatic rings. The van der Waals surface area contributed by atoms with Crippen molar-refractivity contribution in [2.24, 2.45) is 0 Å². The van der Waals surface area contributed by atoms with Crippen LogP contribution in [0.3, 0.4) is 0 Å². The number of aromatic nitrogens is 1. The molecule has 0 saturated carbocycles. The first kappa shape index (κ1) is 13.4. The number of piperidine rings is 1. The van der Waals surface area contributed by atoms with Gasteiger partial charge in [-0.25, -0.2) is 0 Å². The van der Waals surface area contributed by atoms with Crippen LogP contribution in [0.1, 0.15) is 18.4 Å². The predicted octanol–water partition coefficient (Wildman–Crippen LogP) is 3.03. The summed E-state index contributed by atoms with van der Waals surface area (Å²) in [6, 6.07) is 14.5. The van der Waals surface area contributed by atoms with E-state index in [-0.39, 0.29) is 0 Å². The van der Waals surface area contributed by atoms with Gasteiger partial charge in [-0.05, 0) is 43.2 Å². The first-order chi connectivity index (χ1) is 10.3. The van der Waals surface area contributed by atoms with Gasteiger partial charge in [-0.3, -0.25) is 4.98 Å². The van der Waals surface area contributed by atoms with Gasteiger partial charge in [-0.1, -0.05) is 6.07 Å². The molecule has 0 aliphatic carbocycles.